The van der Waals surface area contributed by atoms with Gasteiger partial charge < -0.3 is 14.8 Å². The molecule has 0 aromatic heterocycles. The first kappa shape index (κ1) is 16.5. The number of carbonyl (C=O) groups excluding carboxylic acids is 2. The summed E-state index contributed by atoms with van der Waals surface area (Å²) in [5, 5.41) is 4.76. The fourth-order valence-corrected chi connectivity index (χ4v) is 2.57. The second kappa shape index (κ2) is 7.05. The molecule has 25 heavy (non-hydrogen) atoms. The third-order valence-corrected chi connectivity index (χ3v) is 3.88. The van der Waals surface area contributed by atoms with Gasteiger partial charge in [-0.25, -0.2) is 4.79 Å². The zero-order chi connectivity index (χ0) is 17.8. The van der Waals surface area contributed by atoms with Crippen LogP contribution in [0.2, 0.25) is 0 Å². The summed E-state index contributed by atoms with van der Waals surface area (Å²) in [7, 11) is 2.86. The zero-order valence-corrected chi connectivity index (χ0v) is 13.9. The van der Waals surface area contributed by atoms with Crippen LogP contribution in [0.15, 0.2) is 60.7 Å². The summed E-state index contributed by atoms with van der Waals surface area (Å²) in [6.07, 6.45) is 0. The van der Waals surface area contributed by atoms with E-state index in [-0.39, 0.29) is 5.91 Å². The monoisotopic (exact) mass is 335 g/mol. The van der Waals surface area contributed by atoms with Crippen LogP contribution in [0.4, 0.5) is 5.69 Å². The molecule has 0 fully saturated rings. The quantitative estimate of drug-likeness (QED) is 0.735. The molecule has 0 bridgehead atoms. The van der Waals surface area contributed by atoms with E-state index < -0.39 is 5.97 Å². The highest BCUT2D eigenvalue weighted by Crippen LogP contribution is 2.26. The minimum Gasteiger partial charge on any atom is -0.496 e. The van der Waals surface area contributed by atoms with E-state index in [4.69, 9.17) is 4.74 Å². The highest BCUT2D eigenvalue weighted by molar-refractivity contribution is 6.08. The Balaban J connectivity index is 1.88. The third kappa shape index (κ3) is 3.45. The number of fused-ring (bicyclic) bond motifs is 1. The predicted molar refractivity (Wildman–Crippen MR) is 96.2 cm³/mol. The molecule has 0 saturated heterocycles. The van der Waals surface area contributed by atoms with Gasteiger partial charge in [0.2, 0.25) is 0 Å². The van der Waals surface area contributed by atoms with Gasteiger partial charge in [0, 0.05) is 5.69 Å². The molecule has 126 valence electrons. The molecule has 0 radical (unpaired) electrons. The second-order valence-electron chi connectivity index (χ2n) is 5.42. The van der Waals surface area contributed by atoms with Crippen LogP contribution in [0.25, 0.3) is 10.8 Å². The summed E-state index contributed by atoms with van der Waals surface area (Å²) in [5.41, 5.74) is 1.44. The van der Waals surface area contributed by atoms with Gasteiger partial charge in [-0.2, -0.15) is 0 Å². The van der Waals surface area contributed by atoms with Gasteiger partial charge in [-0.15, -0.1) is 0 Å². The Kier molecular flexibility index (Phi) is 4.66. The number of anilines is 1. The van der Waals surface area contributed by atoms with Crippen molar-refractivity contribution in [3.8, 4) is 5.75 Å². The molecule has 3 aromatic rings. The first-order chi connectivity index (χ1) is 12.1. The van der Waals surface area contributed by atoms with Crippen LogP contribution in [0.5, 0.6) is 5.75 Å². The van der Waals surface area contributed by atoms with Crippen LogP contribution in [0.3, 0.4) is 0 Å². The van der Waals surface area contributed by atoms with E-state index in [2.05, 4.69) is 10.1 Å². The van der Waals surface area contributed by atoms with Gasteiger partial charge in [-0.3, -0.25) is 4.79 Å². The molecule has 0 aliphatic heterocycles. The van der Waals surface area contributed by atoms with Gasteiger partial charge in [0.25, 0.3) is 5.91 Å². The SMILES string of the molecule is COC(=O)c1ccc(NC(=O)c2cc3ccccc3cc2OC)cc1. The summed E-state index contributed by atoms with van der Waals surface area (Å²) in [4.78, 5) is 24.1. The fraction of sp³-hybridized carbons (Fsp3) is 0.100. The van der Waals surface area contributed by atoms with Gasteiger partial charge in [0.05, 0.1) is 25.3 Å². The summed E-state index contributed by atoms with van der Waals surface area (Å²) in [6.45, 7) is 0. The van der Waals surface area contributed by atoms with E-state index in [1.807, 2.05) is 30.3 Å². The predicted octanol–water partition coefficient (Wildman–Crippen LogP) is 3.89. The van der Waals surface area contributed by atoms with Crippen molar-refractivity contribution in [3.63, 3.8) is 0 Å². The number of esters is 1. The molecule has 0 heterocycles. The molecule has 0 aliphatic rings. The van der Waals surface area contributed by atoms with Gasteiger partial charge in [0.1, 0.15) is 5.75 Å². The molecular formula is C20H17NO4. The molecule has 0 unspecified atom stereocenters. The number of carbonyl (C=O) groups is 2. The number of ether oxygens (including phenoxy) is 2. The van der Waals surface area contributed by atoms with Crippen molar-refractivity contribution in [1.82, 2.24) is 0 Å². The van der Waals surface area contributed by atoms with Crippen molar-refractivity contribution in [1.29, 1.82) is 0 Å². The Bertz CT molecular complexity index is 932. The number of methoxy groups -OCH3 is 2. The number of hydrogen-bond donors (Lipinski definition) is 1. The van der Waals surface area contributed by atoms with Crippen LogP contribution in [0, 0.1) is 0 Å². The number of benzene rings is 3. The highest BCUT2D eigenvalue weighted by Gasteiger charge is 2.14. The van der Waals surface area contributed by atoms with E-state index in [0.717, 1.165) is 10.8 Å². The summed E-state index contributed by atoms with van der Waals surface area (Å²) in [6, 6.07) is 17.9. The first-order valence-corrected chi connectivity index (χ1v) is 7.69. The molecular weight excluding hydrogens is 318 g/mol. The lowest BCUT2D eigenvalue weighted by Gasteiger charge is -2.11. The molecule has 1 N–H and O–H groups in total. The van der Waals surface area contributed by atoms with E-state index in [1.165, 1.54) is 14.2 Å². The number of rotatable bonds is 4. The largest absolute Gasteiger partial charge is 0.496 e. The minimum atomic E-state index is -0.422. The molecule has 3 aromatic carbocycles. The van der Waals surface area contributed by atoms with Gasteiger partial charge >= 0.3 is 5.97 Å². The standard InChI is InChI=1S/C20H17NO4/c1-24-18-12-15-6-4-3-5-14(15)11-17(18)19(22)21-16-9-7-13(8-10-16)20(23)25-2/h3-12H,1-2H3,(H,21,22). The molecule has 3 rings (SSSR count). The van der Waals surface area contributed by atoms with Crippen LogP contribution >= 0.6 is 0 Å². The maximum atomic E-state index is 12.6. The van der Waals surface area contributed by atoms with E-state index in [9.17, 15) is 9.59 Å². The van der Waals surface area contributed by atoms with Crippen molar-refractivity contribution in [2.75, 3.05) is 19.5 Å². The average Bonchev–Trinajstić information content (AvgIpc) is 2.66. The van der Waals surface area contributed by atoms with E-state index >= 15 is 0 Å². The Morgan fingerprint density at radius 1 is 0.880 bits per heavy atom. The zero-order valence-electron chi connectivity index (χ0n) is 13.9. The maximum absolute atomic E-state index is 12.6. The summed E-state index contributed by atoms with van der Waals surface area (Å²) >= 11 is 0. The summed E-state index contributed by atoms with van der Waals surface area (Å²) in [5.74, 6) is -0.204. The Labute approximate surface area is 145 Å². The minimum absolute atomic E-state index is 0.284. The van der Waals surface area contributed by atoms with Crippen molar-refractivity contribution >= 4 is 28.3 Å². The van der Waals surface area contributed by atoms with Crippen LogP contribution in [-0.2, 0) is 4.74 Å². The van der Waals surface area contributed by atoms with Crippen LogP contribution < -0.4 is 10.1 Å². The maximum Gasteiger partial charge on any atom is 0.337 e. The van der Waals surface area contributed by atoms with E-state index in [1.54, 1.807) is 30.3 Å². The normalized spacial score (nSPS) is 10.3. The smallest absolute Gasteiger partial charge is 0.337 e. The third-order valence-electron chi connectivity index (χ3n) is 3.88. The van der Waals surface area contributed by atoms with E-state index in [0.29, 0.717) is 22.6 Å². The summed E-state index contributed by atoms with van der Waals surface area (Å²) < 4.78 is 10.0. The van der Waals surface area contributed by atoms with Crippen molar-refractivity contribution in [2.45, 2.75) is 0 Å². The second-order valence-corrected chi connectivity index (χ2v) is 5.42. The Hall–Kier alpha value is -3.34. The molecule has 0 saturated carbocycles. The molecule has 0 atom stereocenters. The van der Waals surface area contributed by atoms with Gasteiger partial charge in [0.15, 0.2) is 0 Å². The topological polar surface area (TPSA) is 64.6 Å². The lowest BCUT2D eigenvalue weighted by atomic mass is 10.1. The highest BCUT2D eigenvalue weighted by atomic mass is 16.5. The van der Waals surface area contributed by atoms with Crippen molar-refractivity contribution < 1.29 is 19.1 Å². The average molecular weight is 335 g/mol. The Morgan fingerprint density at radius 3 is 2.12 bits per heavy atom. The van der Waals surface area contributed by atoms with Gasteiger partial charge in [-0.05, 0) is 47.2 Å². The van der Waals surface area contributed by atoms with Crippen molar-refractivity contribution in [2.24, 2.45) is 0 Å². The van der Waals surface area contributed by atoms with Crippen molar-refractivity contribution in [3.05, 3.63) is 71.8 Å². The molecule has 0 aliphatic carbocycles. The fourth-order valence-electron chi connectivity index (χ4n) is 2.57. The molecule has 5 heteroatoms. The lowest BCUT2D eigenvalue weighted by molar-refractivity contribution is 0.0600. The van der Waals surface area contributed by atoms with Crippen LogP contribution in [-0.4, -0.2) is 26.1 Å². The van der Waals surface area contributed by atoms with Crippen LogP contribution in [0.1, 0.15) is 20.7 Å². The number of amides is 1. The first-order valence-electron chi connectivity index (χ1n) is 7.69. The van der Waals surface area contributed by atoms with Gasteiger partial charge in [-0.1, -0.05) is 24.3 Å². The molecule has 1 amide bonds. The molecule has 5 nitrogen and oxygen atoms in total. The number of hydrogen-bond acceptors (Lipinski definition) is 4. The Morgan fingerprint density at radius 2 is 1.52 bits per heavy atom. The molecule has 0 spiro atoms. The lowest BCUT2D eigenvalue weighted by Crippen LogP contribution is -2.13. The number of nitrogens with one attached hydrogen (secondary N) is 1.